The molecule has 1 N–H and O–H groups in total. The van der Waals surface area contributed by atoms with E-state index in [1.54, 1.807) is 11.4 Å². The fraction of sp³-hybridized carbons (Fsp3) is 0.200. The van der Waals surface area contributed by atoms with Crippen LogP contribution >= 0.6 is 11.3 Å². The summed E-state index contributed by atoms with van der Waals surface area (Å²) in [7, 11) is -3.56. The second-order valence-corrected chi connectivity index (χ2v) is 7.67. The Kier molecular flexibility index (Phi) is 4.93. The van der Waals surface area contributed by atoms with E-state index in [1.807, 2.05) is 31.2 Å². The van der Waals surface area contributed by atoms with Gasteiger partial charge >= 0.3 is 0 Å². The molecule has 9 heteroatoms. The minimum atomic E-state index is -3.56. The van der Waals surface area contributed by atoms with E-state index in [2.05, 4.69) is 14.9 Å². The molecule has 0 aliphatic carbocycles. The van der Waals surface area contributed by atoms with Crippen molar-refractivity contribution < 1.29 is 17.7 Å². The molecule has 0 aliphatic rings. The molecule has 7 nitrogen and oxygen atoms in total. The third-order valence-corrected chi connectivity index (χ3v) is 5.86. The van der Waals surface area contributed by atoms with Gasteiger partial charge in [0.1, 0.15) is 9.96 Å². The van der Waals surface area contributed by atoms with Gasteiger partial charge in [-0.25, -0.2) is 13.1 Å². The van der Waals surface area contributed by atoms with Gasteiger partial charge in [-0.15, -0.1) is 11.3 Å². The van der Waals surface area contributed by atoms with E-state index in [0.717, 1.165) is 22.6 Å². The molecule has 3 rings (SSSR count). The zero-order valence-electron chi connectivity index (χ0n) is 12.8. The molecule has 0 saturated heterocycles. The molecule has 0 bridgehead atoms. The molecule has 0 saturated carbocycles. The molecule has 0 radical (unpaired) electrons. The molecular formula is C15H15N3O4S2. The second kappa shape index (κ2) is 7.12. The van der Waals surface area contributed by atoms with Gasteiger partial charge in [0.2, 0.25) is 11.7 Å². The predicted octanol–water partition coefficient (Wildman–Crippen LogP) is 2.68. The number of thiophene rings is 1. The van der Waals surface area contributed by atoms with Crippen LogP contribution in [0.2, 0.25) is 0 Å². The molecule has 24 heavy (non-hydrogen) atoms. The normalized spacial score (nSPS) is 11.5. The molecule has 2 aromatic heterocycles. The van der Waals surface area contributed by atoms with Crippen molar-refractivity contribution in [2.75, 3.05) is 6.61 Å². The summed E-state index contributed by atoms with van der Waals surface area (Å²) in [5.74, 6) is 1.34. The largest absolute Gasteiger partial charge is 0.494 e. The van der Waals surface area contributed by atoms with Crippen LogP contribution < -0.4 is 9.46 Å². The Labute approximate surface area is 143 Å². The van der Waals surface area contributed by atoms with E-state index in [4.69, 9.17) is 9.26 Å². The van der Waals surface area contributed by atoms with Crippen molar-refractivity contribution in [1.29, 1.82) is 0 Å². The first-order chi connectivity index (χ1) is 11.6. The van der Waals surface area contributed by atoms with Gasteiger partial charge in [-0.3, -0.25) is 0 Å². The van der Waals surface area contributed by atoms with Crippen LogP contribution in [-0.2, 0) is 16.6 Å². The minimum Gasteiger partial charge on any atom is -0.494 e. The highest BCUT2D eigenvalue weighted by Crippen LogP contribution is 2.20. The van der Waals surface area contributed by atoms with E-state index in [0.29, 0.717) is 12.4 Å². The smallest absolute Gasteiger partial charge is 0.250 e. The molecule has 2 heterocycles. The van der Waals surface area contributed by atoms with Crippen LogP contribution in [0.3, 0.4) is 0 Å². The van der Waals surface area contributed by atoms with E-state index in [1.165, 1.54) is 6.07 Å². The van der Waals surface area contributed by atoms with Crippen LogP contribution in [0.1, 0.15) is 12.8 Å². The van der Waals surface area contributed by atoms with Gasteiger partial charge in [-0.1, -0.05) is 11.2 Å². The third kappa shape index (κ3) is 3.81. The molecule has 0 amide bonds. The molecule has 1 aromatic carbocycles. The number of ether oxygens (including phenoxy) is 1. The van der Waals surface area contributed by atoms with Gasteiger partial charge in [-0.2, -0.15) is 4.98 Å². The number of nitrogens with one attached hydrogen (secondary N) is 1. The number of sulfonamides is 1. The maximum atomic E-state index is 12.0. The average molecular weight is 365 g/mol. The van der Waals surface area contributed by atoms with E-state index < -0.39 is 10.0 Å². The van der Waals surface area contributed by atoms with Crippen LogP contribution in [0, 0.1) is 0 Å². The lowest BCUT2D eigenvalue weighted by molar-refractivity contribution is 0.340. The lowest BCUT2D eigenvalue weighted by Gasteiger charge is -2.02. The first kappa shape index (κ1) is 16.6. The molecule has 0 fully saturated rings. The van der Waals surface area contributed by atoms with Gasteiger partial charge in [0.25, 0.3) is 10.0 Å². The molecule has 0 unspecified atom stereocenters. The zero-order chi connectivity index (χ0) is 17.0. The average Bonchev–Trinajstić information content (AvgIpc) is 3.26. The summed E-state index contributed by atoms with van der Waals surface area (Å²) in [5.41, 5.74) is 0.759. The standard InChI is InChI=1S/C15H15N3O4S2/c1-2-21-12-7-5-11(6-8-12)15-17-13(22-18-15)10-16-24(19,20)14-4-3-9-23-14/h3-9,16H,2,10H2,1H3. The predicted molar refractivity (Wildman–Crippen MR) is 89.2 cm³/mol. The van der Waals surface area contributed by atoms with Gasteiger partial charge in [0.05, 0.1) is 13.2 Å². The summed E-state index contributed by atoms with van der Waals surface area (Å²) in [4.78, 5) is 4.20. The Morgan fingerprint density at radius 2 is 2.04 bits per heavy atom. The van der Waals surface area contributed by atoms with E-state index >= 15 is 0 Å². The van der Waals surface area contributed by atoms with Crippen molar-refractivity contribution in [3.8, 4) is 17.1 Å². The number of aromatic nitrogens is 2. The summed E-state index contributed by atoms with van der Waals surface area (Å²) in [6, 6.07) is 10.5. The van der Waals surface area contributed by atoms with Crippen LogP contribution in [-0.4, -0.2) is 25.2 Å². The lowest BCUT2D eigenvalue weighted by Crippen LogP contribution is -2.22. The molecule has 0 atom stereocenters. The Morgan fingerprint density at radius 1 is 1.25 bits per heavy atom. The third-order valence-electron chi connectivity index (χ3n) is 3.06. The SMILES string of the molecule is CCOc1ccc(-c2noc(CNS(=O)(=O)c3cccs3)n2)cc1. The number of hydrogen-bond acceptors (Lipinski definition) is 7. The molecular weight excluding hydrogens is 350 g/mol. The summed E-state index contributed by atoms with van der Waals surface area (Å²) < 4.78 is 37.2. The van der Waals surface area contributed by atoms with Crippen LogP contribution in [0.15, 0.2) is 50.5 Å². The monoisotopic (exact) mass is 365 g/mol. The number of hydrogen-bond donors (Lipinski definition) is 1. The highest BCUT2D eigenvalue weighted by atomic mass is 32.2. The molecule has 3 aromatic rings. The maximum Gasteiger partial charge on any atom is 0.250 e. The number of benzene rings is 1. The maximum absolute atomic E-state index is 12.0. The fourth-order valence-electron chi connectivity index (χ4n) is 1.96. The number of rotatable bonds is 7. The highest BCUT2D eigenvalue weighted by molar-refractivity contribution is 7.91. The lowest BCUT2D eigenvalue weighted by atomic mass is 10.2. The Bertz CT molecular complexity index is 887. The Balaban J connectivity index is 1.67. The van der Waals surface area contributed by atoms with E-state index in [-0.39, 0.29) is 16.6 Å². The van der Waals surface area contributed by atoms with Crippen molar-refractivity contribution >= 4 is 21.4 Å². The van der Waals surface area contributed by atoms with Crippen molar-refractivity contribution in [2.45, 2.75) is 17.7 Å². The molecule has 0 aliphatic heterocycles. The first-order valence-corrected chi connectivity index (χ1v) is 9.54. The summed E-state index contributed by atoms with van der Waals surface area (Å²) in [6.07, 6.45) is 0. The fourth-order valence-corrected chi connectivity index (χ4v) is 3.97. The van der Waals surface area contributed by atoms with Crippen LogP contribution in [0.4, 0.5) is 0 Å². The van der Waals surface area contributed by atoms with Gasteiger partial charge in [0.15, 0.2) is 0 Å². The van der Waals surface area contributed by atoms with Gasteiger partial charge in [-0.05, 0) is 42.6 Å². The van der Waals surface area contributed by atoms with Gasteiger partial charge < -0.3 is 9.26 Å². The second-order valence-electron chi connectivity index (χ2n) is 4.73. The topological polar surface area (TPSA) is 94.3 Å². The number of nitrogens with zero attached hydrogens (tertiary/aromatic N) is 2. The summed E-state index contributed by atoms with van der Waals surface area (Å²) >= 11 is 1.14. The van der Waals surface area contributed by atoms with Crippen molar-refractivity contribution in [2.24, 2.45) is 0 Å². The van der Waals surface area contributed by atoms with Gasteiger partial charge in [0, 0.05) is 5.56 Å². The summed E-state index contributed by atoms with van der Waals surface area (Å²) in [6.45, 7) is 2.44. The Morgan fingerprint density at radius 3 is 2.71 bits per heavy atom. The Hall–Kier alpha value is -2.23. The quantitative estimate of drug-likeness (QED) is 0.692. The molecule has 0 spiro atoms. The van der Waals surface area contributed by atoms with Crippen LogP contribution in [0.25, 0.3) is 11.4 Å². The van der Waals surface area contributed by atoms with E-state index in [9.17, 15) is 8.42 Å². The minimum absolute atomic E-state index is 0.0652. The first-order valence-electron chi connectivity index (χ1n) is 7.17. The van der Waals surface area contributed by atoms with Crippen molar-refractivity contribution in [1.82, 2.24) is 14.9 Å². The molecule has 126 valence electrons. The van der Waals surface area contributed by atoms with Crippen LogP contribution in [0.5, 0.6) is 5.75 Å². The van der Waals surface area contributed by atoms with Crippen molar-refractivity contribution in [3.63, 3.8) is 0 Å². The highest BCUT2D eigenvalue weighted by Gasteiger charge is 2.17. The summed E-state index contributed by atoms with van der Waals surface area (Å²) in [5, 5.41) is 5.57. The van der Waals surface area contributed by atoms with Crippen molar-refractivity contribution in [3.05, 3.63) is 47.7 Å². The zero-order valence-corrected chi connectivity index (χ0v) is 14.4.